The van der Waals surface area contributed by atoms with Crippen molar-refractivity contribution in [3.8, 4) is 0 Å². The first-order valence-electron chi connectivity index (χ1n) is 10.5. The predicted octanol–water partition coefficient (Wildman–Crippen LogP) is 2.56. The molecule has 0 aliphatic heterocycles. The lowest BCUT2D eigenvalue weighted by Crippen LogP contribution is -2.24. The number of hydrogen-bond donors (Lipinski definition) is 2. The number of nitrogens with one attached hydrogen (secondary N) is 1. The van der Waals surface area contributed by atoms with Crippen molar-refractivity contribution < 1.29 is 18.0 Å². The lowest BCUT2D eigenvalue weighted by Gasteiger charge is -2.08. The van der Waals surface area contributed by atoms with Crippen LogP contribution >= 0.6 is 11.3 Å². The highest BCUT2D eigenvalue weighted by Gasteiger charge is 2.36. The van der Waals surface area contributed by atoms with Gasteiger partial charge in [-0.25, -0.2) is 28.4 Å². The number of sulfone groups is 1. The number of nitrogen functional groups attached to an aromatic ring is 1. The Balaban J connectivity index is 1.41. The van der Waals surface area contributed by atoms with Gasteiger partial charge in [0.15, 0.2) is 33.1 Å². The van der Waals surface area contributed by atoms with Crippen LogP contribution in [0.15, 0.2) is 64.9 Å². The molecule has 5 rings (SSSR count). The molecule has 0 spiro atoms. The Bertz CT molecular complexity index is 1520. The Morgan fingerprint density at radius 1 is 1.11 bits per heavy atom. The zero-order valence-corrected chi connectivity index (χ0v) is 19.8. The molecule has 0 saturated heterocycles. The lowest BCUT2D eigenvalue weighted by molar-refractivity contribution is -0.110. The molecule has 1 amide bonds. The third-order valence-electron chi connectivity index (χ3n) is 5.10. The first-order chi connectivity index (χ1) is 16.9. The molecule has 1 aliphatic carbocycles. The summed E-state index contributed by atoms with van der Waals surface area (Å²) in [6.07, 6.45) is 4.46. The van der Waals surface area contributed by atoms with Crippen molar-refractivity contribution >= 4 is 54.1 Å². The number of nitrogens with zero attached hydrogens (tertiary/aromatic N) is 5. The largest absolute Gasteiger partial charge is 0.387 e. The van der Waals surface area contributed by atoms with Crippen LogP contribution in [-0.2, 0) is 26.1 Å². The molecule has 0 unspecified atom stereocenters. The number of anilines is 2. The predicted molar refractivity (Wildman–Crippen MR) is 130 cm³/mol. The average molecular weight is 510 g/mol. The van der Waals surface area contributed by atoms with Crippen molar-refractivity contribution in [3.63, 3.8) is 0 Å². The normalized spacial score (nSPS) is 14.1. The molecular formula is C22H19N7O4S2. The molecule has 1 aromatic carbocycles. The number of rotatable bonds is 8. The van der Waals surface area contributed by atoms with Crippen LogP contribution in [0.25, 0.3) is 10.3 Å². The van der Waals surface area contributed by atoms with Gasteiger partial charge in [0.05, 0.1) is 10.1 Å². The molecular weight excluding hydrogens is 490 g/mol. The number of amides is 1. The van der Waals surface area contributed by atoms with E-state index in [2.05, 4.69) is 30.4 Å². The Morgan fingerprint density at radius 3 is 2.57 bits per heavy atom. The summed E-state index contributed by atoms with van der Waals surface area (Å²) in [7, 11) is -3.36. The molecule has 13 heteroatoms. The smallest absolute Gasteiger partial charge is 0.280 e. The van der Waals surface area contributed by atoms with Gasteiger partial charge in [0, 0.05) is 18.0 Å². The maximum atomic E-state index is 13.1. The number of nitrogens with two attached hydrogens (primary N) is 1. The zero-order chi connectivity index (χ0) is 24.4. The summed E-state index contributed by atoms with van der Waals surface area (Å²) in [5.74, 6) is 0.138. The highest BCUT2D eigenvalue weighted by Crippen LogP contribution is 2.33. The van der Waals surface area contributed by atoms with Crippen molar-refractivity contribution in [2.45, 2.75) is 29.6 Å². The fourth-order valence-electron chi connectivity index (χ4n) is 3.20. The molecule has 3 heterocycles. The number of benzene rings is 1. The minimum absolute atomic E-state index is 0.0594. The Morgan fingerprint density at radius 2 is 1.86 bits per heavy atom. The minimum atomic E-state index is -3.36. The van der Waals surface area contributed by atoms with Gasteiger partial charge in [-0.05, 0) is 43.2 Å². The van der Waals surface area contributed by atoms with Crippen molar-refractivity contribution in [1.29, 1.82) is 0 Å². The van der Waals surface area contributed by atoms with Crippen LogP contribution in [0.4, 0.5) is 10.9 Å². The molecule has 3 aromatic heterocycles. The molecule has 178 valence electrons. The van der Waals surface area contributed by atoms with Gasteiger partial charge in [0.2, 0.25) is 0 Å². The number of hydrogen-bond acceptors (Lipinski definition) is 11. The summed E-state index contributed by atoms with van der Waals surface area (Å²) in [4.78, 5) is 35.9. The zero-order valence-electron chi connectivity index (χ0n) is 18.2. The van der Waals surface area contributed by atoms with Crippen LogP contribution in [-0.4, -0.2) is 45.2 Å². The van der Waals surface area contributed by atoms with Crippen LogP contribution in [0.3, 0.4) is 0 Å². The topological polar surface area (TPSA) is 162 Å². The van der Waals surface area contributed by atoms with Gasteiger partial charge in [-0.3, -0.25) is 10.1 Å². The first-order valence-corrected chi connectivity index (χ1v) is 12.9. The number of carbonyl (C=O) groups excluding carboxylic acids is 1. The van der Waals surface area contributed by atoms with E-state index in [-0.39, 0.29) is 22.5 Å². The van der Waals surface area contributed by atoms with E-state index >= 15 is 0 Å². The van der Waals surface area contributed by atoms with Crippen molar-refractivity contribution in [2.24, 2.45) is 5.16 Å². The Kier molecular flexibility index (Phi) is 6.09. The summed E-state index contributed by atoms with van der Waals surface area (Å²) in [5, 5.41) is 6.68. The van der Waals surface area contributed by atoms with Gasteiger partial charge >= 0.3 is 0 Å². The van der Waals surface area contributed by atoms with Crippen molar-refractivity contribution in [3.05, 3.63) is 66.2 Å². The molecule has 3 N–H and O–H groups in total. The summed E-state index contributed by atoms with van der Waals surface area (Å²) < 4.78 is 25.0. The summed E-state index contributed by atoms with van der Waals surface area (Å²) in [5.41, 5.74) is 6.61. The fraction of sp³-hybridized carbons (Fsp3) is 0.182. The number of pyridine rings is 1. The van der Waals surface area contributed by atoms with E-state index in [0.29, 0.717) is 45.5 Å². The Hall–Kier alpha value is -3.97. The molecule has 11 nitrogen and oxygen atoms in total. The van der Waals surface area contributed by atoms with Crippen molar-refractivity contribution in [2.75, 3.05) is 11.1 Å². The number of oxime groups is 1. The van der Waals surface area contributed by atoms with E-state index in [4.69, 9.17) is 10.6 Å². The van der Waals surface area contributed by atoms with Gasteiger partial charge < -0.3 is 10.6 Å². The average Bonchev–Trinajstić information content (AvgIpc) is 3.64. The molecule has 1 fully saturated rings. The SMILES string of the molecule is Nc1ccc2nc(NC(=O)/C(=N/OCc3ncccn3)c3ccc(S(=O)(=O)C4CC4)cc3)sc2n1. The van der Waals surface area contributed by atoms with Gasteiger partial charge in [-0.2, -0.15) is 0 Å². The van der Waals surface area contributed by atoms with Gasteiger partial charge in [-0.15, -0.1) is 0 Å². The summed E-state index contributed by atoms with van der Waals surface area (Å²) in [6, 6.07) is 11.0. The van der Waals surface area contributed by atoms with Crippen LogP contribution < -0.4 is 11.1 Å². The molecule has 0 radical (unpaired) electrons. The monoisotopic (exact) mass is 509 g/mol. The number of carbonyl (C=O) groups is 1. The first kappa shape index (κ1) is 22.8. The van der Waals surface area contributed by atoms with Gasteiger partial charge in [-0.1, -0.05) is 28.6 Å². The highest BCUT2D eigenvalue weighted by molar-refractivity contribution is 7.92. The second kappa shape index (κ2) is 9.35. The van der Waals surface area contributed by atoms with E-state index in [9.17, 15) is 13.2 Å². The second-order valence-corrected chi connectivity index (χ2v) is 10.9. The number of thiazole rings is 1. The molecule has 0 bridgehead atoms. The van der Waals surface area contributed by atoms with Gasteiger partial charge in [0.25, 0.3) is 5.91 Å². The quantitative estimate of drug-likeness (QED) is 0.268. The van der Waals surface area contributed by atoms with E-state index in [1.165, 1.54) is 24.3 Å². The maximum Gasteiger partial charge on any atom is 0.280 e. The molecule has 4 aromatic rings. The summed E-state index contributed by atoms with van der Waals surface area (Å²) >= 11 is 1.16. The molecule has 1 saturated carbocycles. The fourth-order valence-corrected chi connectivity index (χ4v) is 5.70. The third kappa shape index (κ3) is 5.10. The number of fused-ring (bicyclic) bond motifs is 1. The lowest BCUT2D eigenvalue weighted by atomic mass is 10.1. The van der Waals surface area contributed by atoms with Crippen LogP contribution in [0, 0.1) is 0 Å². The maximum absolute atomic E-state index is 13.1. The van der Waals surface area contributed by atoms with E-state index in [1.54, 1.807) is 30.6 Å². The standard InChI is InChI=1S/C22H19N7O4S2/c23-17-9-8-16-21(27-17)34-22(26-16)28-20(30)19(29-33-12-18-24-10-1-11-25-18)13-2-4-14(5-3-13)35(31,32)15-6-7-15/h1-5,8-11,15H,6-7,12H2,(H2,23,27)(H,26,28,30)/b29-19+. The minimum Gasteiger partial charge on any atom is -0.387 e. The van der Waals surface area contributed by atoms with Crippen LogP contribution in [0.2, 0.25) is 0 Å². The van der Waals surface area contributed by atoms with Crippen LogP contribution in [0.5, 0.6) is 0 Å². The Labute approximate surface area is 204 Å². The number of aromatic nitrogens is 4. The van der Waals surface area contributed by atoms with E-state index < -0.39 is 15.7 Å². The van der Waals surface area contributed by atoms with Gasteiger partial charge in [0.1, 0.15) is 16.2 Å². The van der Waals surface area contributed by atoms with E-state index in [1.807, 2.05) is 0 Å². The summed E-state index contributed by atoms with van der Waals surface area (Å²) in [6.45, 7) is -0.0594. The molecule has 1 aliphatic rings. The second-order valence-electron chi connectivity index (χ2n) is 7.68. The van der Waals surface area contributed by atoms with Crippen LogP contribution in [0.1, 0.15) is 24.2 Å². The molecule has 35 heavy (non-hydrogen) atoms. The van der Waals surface area contributed by atoms with E-state index in [0.717, 1.165) is 11.3 Å². The highest BCUT2D eigenvalue weighted by atomic mass is 32.2. The van der Waals surface area contributed by atoms with Crippen molar-refractivity contribution in [1.82, 2.24) is 19.9 Å². The molecule has 0 atom stereocenters. The third-order valence-corrected chi connectivity index (χ3v) is 8.26.